The molecule has 0 spiro atoms. The number of esters is 1. The van der Waals surface area contributed by atoms with Crippen LogP contribution in [-0.4, -0.2) is 10.9 Å². The summed E-state index contributed by atoms with van der Waals surface area (Å²) in [6.45, 7) is 1.73. The molecule has 2 aromatic carbocycles. The van der Waals surface area contributed by atoms with Crippen molar-refractivity contribution in [1.29, 1.82) is 5.26 Å². The van der Waals surface area contributed by atoms with E-state index in [0.29, 0.717) is 5.56 Å². The highest BCUT2D eigenvalue weighted by Crippen LogP contribution is 2.28. The second-order valence-corrected chi connectivity index (χ2v) is 4.31. The monoisotopic (exact) mass is 282 g/mol. The summed E-state index contributed by atoms with van der Waals surface area (Å²) in [7, 11) is 0. The molecular formula is C15H10N2O4. The van der Waals surface area contributed by atoms with Crippen LogP contribution in [0.1, 0.15) is 21.5 Å². The Kier molecular flexibility index (Phi) is 3.95. The standard InChI is InChI=1S/C15H10N2O4/c1-10-5-6-13(17(19)20)14(7-10)21-15(18)12-4-2-3-11(8-12)9-16/h2-8H,1H3. The maximum atomic E-state index is 12.0. The summed E-state index contributed by atoms with van der Waals surface area (Å²) in [5, 5.41) is 19.7. The first-order chi connectivity index (χ1) is 10.0. The summed E-state index contributed by atoms with van der Waals surface area (Å²) in [5.74, 6) is -0.867. The third-order valence-electron chi connectivity index (χ3n) is 2.74. The van der Waals surface area contributed by atoms with Crippen molar-refractivity contribution in [3.8, 4) is 11.8 Å². The van der Waals surface area contributed by atoms with Crippen LogP contribution in [0.3, 0.4) is 0 Å². The Morgan fingerprint density at radius 3 is 2.71 bits per heavy atom. The fourth-order valence-electron chi connectivity index (χ4n) is 1.73. The number of nitro groups is 1. The molecule has 0 N–H and O–H groups in total. The van der Waals surface area contributed by atoms with E-state index in [1.807, 2.05) is 6.07 Å². The third-order valence-corrected chi connectivity index (χ3v) is 2.74. The van der Waals surface area contributed by atoms with Gasteiger partial charge in [-0.1, -0.05) is 12.1 Å². The van der Waals surface area contributed by atoms with Gasteiger partial charge in [0.05, 0.1) is 22.1 Å². The van der Waals surface area contributed by atoms with Gasteiger partial charge in [-0.3, -0.25) is 10.1 Å². The highest BCUT2D eigenvalue weighted by molar-refractivity contribution is 5.91. The highest BCUT2D eigenvalue weighted by atomic mass is 16.6. The molecule has 6 heteroatoms. The molecule has 0 aliphatic heterocycles. The van der Waals surface area contributed by atoms with Crippen molar-refractivity contribution in [1.82, 2.24) is 0 Å². The molecule has 0 bridgehead atoms. The largest absolute Gasteiger partial charge is 0.416 e. The Balaban J connectivity index is 2.33. The molecule has 0 aliphatic carbocycles. The molecule has 0 unspecified atom stereocenters. The van der Waals surface area contributed by atoms with E-state index in [1.54, 1.807) is 25.1 Å². The van der Waals surface area contributed by atoms with Crippen LogP contribution >= 0.6 is 0 Å². The molecule has 2 aromatic rings. The van der Waals surface area contributed by atoms with Gasteiger partial charge in [0.15, 0.2) is 0 Å². The lowest BCUT2D eigenvalue weighted by molar-refractivity contribution is -0.385. The molecule has 0 amide bonds. The molecule has 0 fully saturated rings. The number of benzene rings is 2. The molecule has 0 saturated heterocycles. The molecule has 6 nitrogen and oxygen atoms in total. The number of nitriles is 1. The molecule has 0 atom stereocenters. The van der Waals surface area contributed by atoms with E-state index in [0.717, 1.165) is 5.56 Å². The van der Waals surface area contributed by atoms with Crippen LogP contribution in [0.5, 0.6) is 5.75 Å². The van der Waals surface area contributed by atoms with Crippen molar-refractivity contribution in [2.45, 2.75) is 6.92 Å². The predicted molar refractivity (Wildman–Crippen MR) is 73.9 cm³/mol. The number of hydrogen-bond donors (Lipinski definition) is 0. The van der Waals surface area contributed by atoms with E-state index < -0.39 is 10.9 Å². The summed E-state index contributed by atoms with van der Waals surface area (Å²) in [6, 6.07) is 12.1. The molecule has 0 saturated carbocycles. The van der Waals surface area contributed by atoms with E-state index in [2.05, 4.69) is 0 Å². The van der Waals surface area contributed by atoms with Gasteiger partial charge in [-0.05, 0) is 36.8 Å². The smallest absolute Gasteiger partial charge is 0.343 e. The lowest BCUT2D eigenvalue weighted by Crippen LogP contribution is -2.10. The summed E-state index contributed by atoms with van der Waals surface area (Å²) in [5.41, 5.74) is 0.910. The minimum absolute atomic E-state index is 0.118. The second kappa shape index (κ2) is 5.84. The van der Waals surface area contributed by atoms with Crippen LogP contribution in [0.4, 0.5) is 5.69 Å². The second-order valence-electron chi connectivity index (χ2n) is 4.31. The summed E-state index contributed by atoms with van der Waals surface area (Å²) < 4.78 is 5.08. The zero-order chi connectivity index (χ0) is 15.4. The van der Waals surface area contributed by atoms with Crippen LogP contribution in [0.15, 0.2) is 42.5 Å². The first-order valence-corrected chi connectivity index (χ1v) is 5.98. The van der Waals surface area contributed by atoms with Gasteiger partial charge in [0, 0.05) is 6.07 Å². The number of hydrogen-bond acceptors (Lipinski definition) is 5. The number of ether oxygens (including phenoxy) is 1. The normalized spacial score (nSPS) is 9.71. The van der Waals surface area contributed by atoms with Crippen molar-refractivity contribution in [3.05, 3.63) is 69.3 Å². The number of carbonyl (C=O) groups excluding carboxylic acids is 1. The van der Waals surface area contributed by atoms with Crippen LogP contribution in [0.25, 0.3) is 0 Å². The minimum atomic E-state index is -0.749. The highest BCUT2D eigenvalue weighted by Gasteiger charge is 2.19. The van der Waals surface area contributed by atoms with Crippen molar-refractivity contribution < 1.29 is 14.5 Å². The maximum Gasteiger partial charge on any atom is 0.343 e. The average Bonchev–Trinajstić information content (AvgIpc) is 2.47. The van der Waals surface area contributed by atoms with E-state index in [1.165, 1.54) is 24.3 Å². The van der Waals surface area contributed by atoms with Crippen molar-refractivity contribution in [2.75, 3.05) is 0 Å². The minimum Gasteiger partial charge on any atom is -0.416 e. The Labute approximate surface area is 120 Å². The Morgan fingerprint density at radius 2 is 2.05 bits per heavy atom. The summed E-state index contributed by atoms with van der Waals surface area (Å²) >= 11 is 0. The number of carbonyl (C=O) groups is 1. The molecule has 21 heavy (non-hydrogen) atoms. The van der Waals surface area contributed by atoms with Gasteiger partial charge >= 0.3 is 11.7 Å². The SMILES string of the molecule is Cc1ccc([N+](=O)[O-])c(OC(=O)c2cccc(C#N)c2)c1. The van der Waals surface area contributed by atoms with E-state index >= 15 is 0 Å². The molecule has 2 rings (SSSR count). The number of rotatable bonds is 3. The quantitative estimate of drug-likeness (QED) is 0.373. The number of nitro benzene ring substituents is 1. The van der Waals surface area contributed by atoms with Gasteiger partial charge in [0.2, 0.25) is 5.75 Å². The Bertz CT molecular complexity index is 763. The van der Waals surface area contributed by atoms with Crippen LogP contribution in [0, 0.1) is 28.4 Å². The zero-order valence-electron chi connectivity index (χ0n) is 11.1. The Hall–Kier alpha value is -3.20. The molecule has 104 valence electrons. The number of aryl methyl sites for hydroxylation is 1. The van der Waals surface area contributed by atoms with Crippen molar-refractivity contribution in [3.63, 3.8) is 0 Å². The lowest BCUT2D eigenvalue weighted by atomic mass is 10.1. The van der Waals surface area contributed by atoms with E-state index in [9.17, 15) is 14.9 Å². The van der Waals surface area contributed by atoms with E-state index in [4.69, 9.17) is 10.00 Å². The molecule has 0 radical (unpaired) electrons. The Morgan fingerprint density at radius 1 is 1.29 bits per heavy atom. The molecular weight excluding hydrogens is 272 g/mol. The van der Waals surface area contributed by atoms with Crippen LogP contribution in [-0.2, 0) is 0 Å². The topological polar surface area (TPSA) is 93.2 Å². The third kappa shape index (κ3) is 3.22. The zero-order valence-corrected chi connectivity index (χ0v) is 11.1. The first kappa shape index (κ1) is 14.2. The van der Waals surface area contributed by atoms with Crippen LogP contribution < -0.4 is 4.74 Å². The van der Waals surface area contributed by atoms with Gasteiger partial charge in [0.1, 0.15) is 0 Å². The summed E-state index contributed by atoms with van der Waals surface area (Å²) in [4.78, 5) is 22.3. The summed E-state index contributed by atoms with van der Waals surface area (Å²) in [6.07, 6.45) is 0. The van der Waals surface area contributed by atoms with Gasteiger partial charge in [-0.25, -0.2) is 4.79 Å². The molecule has 0 aromatic heterocycles. The molecule has 0 aliphatic rings. The lowest BCUT2D eigenvalue weighted by Gasteiger charge is -2.06. The maximum absolute atomic E-state index is 12.0. The number of nitrogens with zero attached hydrogens (tertiary/aromatic N) is 2. The van der Waals surface area contributed by atoms with Gasteiger partial charge in [-0.15, -0.1) is 0 Å². The fourth-order valence-corrected chi connectivity index (χ4v) is 1.73. The van der Waals surface area contributed by atoms with Crippen LogP contribution in [0.2, 0.25) is 0 Å². The first-order valence-electron chi connectivity index (χ1n) is 5.98. The average molecular weight is 282 g/mol. The fraction of sp³-hybridized carbons (Fsp3) is 0.0667. The van der Waals surface area contributed by atoms with Crippen molar-refractivity contribution >= 4 is 11.7 Å². The van der Waals surface area contributed by atoms with Gasteiger partial charge < -0.3 is 4.74 Å². The van der Waals surface area contributed by atoms with Gasteiger partial charge in [0.25, 0.3) is 0 Å². The van der Waals surface area contributed by atoms with Crippen molar-refractivity contribution in [2.24, 2.45) is 0 Å². The molecule has 0 heterocycles. The van der Waals surface area contributed by atoms with E-state index in [-0.39, 0.29) is 17.0 Å². The van der Waals surface area contributed by atoms with Gasteiger partial charge in [-0.2, -0.15) is 5.26 Å². The predicted octanol–water partition coefficient (Wildman–Crippen LogP) is 2.99.